The summed E-state index contributed by atoms with van der Waals surface area (Å²) < 4.78 is 7.28. The minimum atomic E-state index is -0.553. The molecule has 1 N–H and O–H groups in total. The van der Waals surface area contributed by atoms with Crippen molar-refractivity contribution in [2.75, 3.05) is 0 Å². The lowest BCUT2D eigenvalue weighted by Crippen LogP contribution is -2.30. The van der Waals surface area contributed by atoms with Crippen LogP contribution in [0.5, 0.6) is 5.75 Å². The average molecular weight is 452 g/mol. The lowest BCUT2D eigenvalue weighted by Gasteiger charge is -2.08. The van der Waals surface area contributed by atoms with Crippen LogP contribution in [-0.4, -0.2) is 16.7 Å². The highest BCUT2D eigenvalue weighted by atomic mass is 16.5. The Kier molecular flexibility index (Phi) is 7.30. The van der Waals surface area contributed by atoms with Crippen molar-refractivity contribution in [1.82, 2.24) is 9.99 Å². The van der Waals surface area contributed by atoms with Crippen molar-refractivity contribution in [3.8, 4) is 5.75 Å². The van der Waals surface area contributed by atoms with Crippen LogP contribution in [0.25, 0.3) is 0 Å². The predicted molar refractivity (Wildman–Crippen MR) is 133 cm³/mol. The number of pyridine rings is 1. The molecule has 4 rings (SSSR count). The van der Waals surface area contributed by atoms with E-state index in [1.807, 2.05) is 85.8 Å². The van der Waals surface area contributed by atoms with Crippen LogP contribution < -0.4 is 15.7 Å². The molecule has 0 aliphatic carbocycles. The first-order valence-electron chi connectivity index (χ1n) is 10.9. The van der Waals surface area contributed by atoms with Crippen LogP contribution in [0.4, 0.5) is 0 Å². The molecule has 6 heteroatoms. The highest BCUT2D eigenvalue weighted by Crippen LogP contribution is 2.13. The molecule has 1 aromatic heterocycles. The van der Waals surface area contributed by atoms with Crippen LogP contribution >= 0.6 is 0 Å². The zero-order valence-corrected chi connectivity index (χ0v) is 18.8. The third-order valence-corrected chi connectivity index (χ3v) is 5.25. The Hall–Kier alpha value is -4.45. The van der Waals surface area contributed by atoms with E-state index in [0.717, 1.165) is 28.0 Å². The van der Waals surface area contributed by atoms with Crippen LogP contribution in [-0.2, 0) is 13.2 Å². The van der Waals surface area contributed by atoms with Gasteiger partial charge in [0.1, 0.15) is 17.9 Å². The second-order valence-electron chi connectivity index (χ2n) is 7.88. The van der Waals surface area contributed by atoms with E-state index in [4.69, 9.17) is 4.74 Å². The van der Waals surface area contributed by atoms with E-state index in [0.29, 0.717) is 13.2 Å². The number of amides is 1. The second-order valence-corrected chi connectivity index (χ2v) is 7.88. The number of ether oxygens (including phenoxy) is 1. The van der Waals surface area contributed by atoms with Gasteiger partial charge in [-0.2, -0.15) is 5.10 Å². The fourth-order valence-electron chi connectivity index (χ4n) is 3.34. The molecular weight excluding hydrogens is 426 g/mol. The van der Waals surface area contributed by atoms with Crippen molar-refractivity contribution in [1.29, 1.82) is 0 Å². The molecule has 0 aliphatic rings. The van der Waals surface area contributed by atoms with E-state index in [-0.39, 0.29) is 11.1 Å². The Morgan fingerprint density at radius 1 is 0.912 bits per heavy atom. The van der Waals surface area contributed by atoms with E-state index in [9.17, 15) is 9.59 Å². The molecule has 3 aromatic carbocycles. The number of rotatable bonds is 8. The molecule has 0 unspecified atom stereocenters. The molecule has 0 atom stereocenters. The van der Waals surface area contributed by atoms with Gasteiger partial charge in [0.2, 0.25) is 0 Å². The number of hydrogen-bond acceptors (Lipinski definition) is 4. The molecule has 0 bridgehead atoms. The zero-order chi connectivity index (χ0) is 23.8. The maximum absolute atomic E-state index is 12.8. The molecule has 170 valence electrons. The highest BCUT2D eigenvalue weighted by Gasteiger charge is 2.11. The summed E-state index contributed by atoms with van der Waals surface area (Å²) in [5.74, 6) is 0.186. The first-order chi connectivity index (χ1) is 16.6. The molecule has 6 nitrogen and oxygen atoms in total. The third kappa shape index (κ3) is 6.07. The van der Waals surface area contributed by atoms with E-state index in [1.54, 1.807) is 12.3 Å². The quantitative estimate of drug-likeness (QED) is 0.316. The van der Waals surface area contributed by atoms with Crippen molar-refractivity contribution < 1.29 is 9.53 Å². The van der Waals surface area contributed by atoms with Crippen molar-refractivity contribution in [3.63, 3.8) is 0 Å². The standard InChI is InChI=1S/C28H25N3O3/c1-21-9-11-23(12-10-21)19-31-17-5-8-26(28(31)33)27(32)30-29-18-22-13-15-25(16-14-22)34-20-24-6-3-2-4-7-24/h2-18H,19-20H2,1H3,(H,30,32)/b29-18-. The maximum Gasteiger partial charge on any atom is 0.276 e. The lowest BCUT2D eigenvalue weighted by molar-refractivity contribution is 0.0953. The van der Waals surface area contributed by atoms with Crippen LogP contribution in [0.2, 0.25) is 0 Å². The molecule has 0 fully saturated rings. The summed E-state index contributed by atoms with van der Waals surface area (Å²) in [5, 5.41) is 3.99. The smallest absolute Gasteiger partial charge is 0.276 e. The number of aryl methyl sites for hydroxylation is 1. The van der Waals surface area contributed by atoms with E-state index < -0.39 is 5.91 Å². The van der Waals surface area contributed by atoms with Gasteiger partial charge in [0.15, 0.2) is 0 Å². The molecule has 1 heterocycles. The summed E-state index contributed by atoms with van der Waals surface area (Å²) in [6.45, 7) is 2.89. The Bertz CT molecular complexity index is 1330. The fourth-order valence-corrected chi connectivity index (χ4v) is 3.34. The van der Waals surface area contributed by atoms with Gasteiger partial charge < -0.3 is 9.30 Å². The van der Waals surface area contributed by atoms with E-state index >= 15 is 0 Å². The molecular formula is C28H25N3O3. The van der Waals surface area contributed by atoms with Crippen LogP contribution in [0.3, 0.4) is 0 Å². The number of aromatic nitrogens is 1. The van der Waals surface area contributed by atoms with Gasteiger partial charge >= 0.3 is 0 Å². The van der Waals surface area contributed by atoms with Crippen molar-refractivity contribution >= 4 is 12.1 Å². The average Bonchev–Trinajstić information content (AvgIpc) is 2.87. The molecule has 0 spiro atoms. The number of nitrogens with zero attached hydrogens (tertiary/aromatic N) is 2. The van der Waals surface area contributed by atoms with Crippen LogP contribution in [0.15, 0.2) is 107 Å². The van der Waals surface area contributed by atoms with Crippen molar-refractivity contribution in [3.05, 3.63) is 135 Å². The normalized spacial score (nSPS) is 10.9. The topological polar surface area (TPSA) is 72.7 Å². The molecule has 34 heavy (non-hydrogen) atoms. The fraction of sp³-hybridized carbons (Fsp3) is 0.107. The molecule has 0 radical (unpaired) electrons. The summed E-state index contributed by atoms with van der Waals surface area (Å²) in [4.78, 5) is 25.3. The Morgan fingerprint density at radius 3 is 2.38 bits per heavy atom. The number of carbonyl (C=O) groups excluding carboxylic acids is 1. The number of carbonyl (C=O) groups is 1. The van der Waals surface area contributed by atoms with Crippen LogP contribution in [0.1, 0.15) is 32.6 Å². The summed E-state index contributed by atoms with van der Waals surface area (Å²) in [6, 6.07) is 28.4. The van der Waals surface area contributed by atoms with Gasteiger partial charge in [-0.1, -0.05) is 60.2 Å². The van der Waals surface area contributed by atoms with Crippen molar-refractivity contribution in [2.45, 2.75) is 20.1 Å². The SMILES string of the molecule is Cc1ccc(Cn2cccc(C(=O)N/N=C\c3ccc(OCc4ccccc4)cc3)c2=O)cc1. The van der Waals surface area contributed by atoms with Gasteiger partial charge in [-0.15, -0.1) is 0 Å². The van der Waals surface area contributed by atoms with Gasteiger partial charge in [0.25, 0.3) is 11.5 Å². The van der Waals surface area contributed by atoms with E-state index in [2.05, 4.69) is 10.5 Å². The molecule has 0 saturated carbocycles. The maximum atomic E-state index is 12.8. The second kappa shape index (κ2) is 10.9. The monoisotopic (exact) mass is 451 g/mol. The third-order valence-electron chi connectivity index (χ3n) is 5.25. The van der Waals surface area contributed by atoms with Crippen LogP contribution in [0, 0.1) is 6.92 Å². The predicted octanol–water partition coefficient (Wildman–Crippen LogP) is 4.55. The Morgan fingerprint density at radius 2 is 1.65 bits per heavy atom. The lowest BCUT2D eigenvalue weighted by atomic mass is 10.1. The summed E-state index contributed by atoms with van der Waals surface area (Å²) in [6.07, 6.45) is 3.19. The largest absolute Gasteiger partial charge is 0.489 e. The Labute approximate surface area is 198 Å². The highest BCUT2D eigenvalue weighted by molar-refractivity contribution is 5.94. The summed E-state index contributed by atoms with van der Waals surface area (Å²) in [7, 11) is 0. The van der Waals surface area contributed by atoms with Crippen molar-refractivity contribution in [2.24, 2.45) is 5.10 Å². The van der Waals surface area contributed by atoms with Gasteiger partial charge in [0.05, 0.1) is 12.8 Å². The number of hydrogen-bond donors (Lipinski definition) is 1. The van der Waals surface area contributed by atoms with E-state index in [1.165, 1.54) is 16.8 Å². The minimum absolute atomic E-state index is 0.0384. The Balaban J connectivity index is 1.34. The molecule has 0 aliphatic heterocycles. The number of benzene rings is 3. The van der Waals surface area contributed by atoms with Gasteiger partial charge in [0, 0.05) is 6.20 Å². The number of nitrogens with one attached hydrogen (secondary N) is 1. The summed E-state index contributed by atoms with van der Waals surface area (Å²) >= 11 is 0. The van der Waals surface area contributed by atoms with Gasteiger partial charge in [-0.05, 0) is 60.0 Å². The number of hydrazone groups is 1. The first kappa shape index (κ1) is 22.7. The minimum Gasteiger partial charge on any atom is -0.489 e. The summed E-state index contributed by atoms with van der Waals surface area (Å²) in [5.41, 5.74) is 6.12. The van der Waals surface area contributed by atoms with Gasteiger partial charge in [-0.3, -0.25) is 9.59 Å². The molecule has 0 saturated heterocycles. The molecule has 4 aromatic rings. The zero-order valence-electron chi connectivity index (χ0n) is 18.8. The first-order valence-corrected chi connectivity index (χ1v) is 10.9. The van der Waals surface area contributed by atoms with Gasteiger partial charge in [-0.25, -0.2) is 5.43 Å². The molecule has 1 amide bonds.